The van der Waals surface area contributed by atoms with Gasteiger partial charge in [-0.15, -0.1) is 0 Å². The van der Waals surface area contributed by atoms with Crippen molar-refractivity contribution in [2.75, 3.05) is 0 Å². The lowest BCUT2D eigenvalue weighted by Crippen LogP contribution is -1.92. The van der Waals surface area contributed by atoms with Gasteiger partial charge in [0.2, 0.25) is 0 Å². The fourth-order valence-electron chi connectivity index (χ4n) is 1.80. The Hall–Kier alpha value is -1.31. The molecule has 14 heavy (non-hydrogen) atoms. The van der Waals surface area contributed by atoms with Crippen LogP contribution in [0.25, 0.3) is 10.9 Å². The Balaban J connectivity index is 2.40. The Labute approximate surface area is 84.5 Å². The van der Waals surface area contributed by atoms with E-state index in [1.54, 1.807) is 0 Å². The number of aromatic nitrogens is 2. The molecule has 0 aliphatic rings. The monoisotopic (exact) mass is 188 g/mol. The van der Waals surface area contributed by atoms with Gasteiger partial charge < -0.3 is 0 Å². The average molecular weight is 188 g/mol. The number of aryl methyl sites for hydroxylation is 1. The molecule has 0 saturated carbocycles. The van der Waals surface area contributed by atoms with Crippen LogP contribution in [0, 0.1) is 5.92 Å². The maximum absolute atomic E-state index is 4.35. The van der Waals surface area contributed by atoms with E-state index < -0.39 is 0 Å². The predicted molar refractivity (Wildman–Crippen MR) is 59.3 cm³/mol. The topological polar surface area (TPSA) is 17.8 Å². The number of nitrogens with zero attached hydrogens (tertiary/aromatic N) is 2. The van der Waals surface area contributed by atoms with Crippen molar-refractivity contribution < 1.29 is 0 Å². The van der Waals surface area contributed by atoms with Gasteiger partial charge in [-0.2, -0.15) is 5.10 Å². The minimum absolute atomic E-state index is 0.712. The van der Waals surface area contributed by atoms with Crippen molar-refractivity contribution >= 4 is 10.9 Å². The first-order valence-corrected chi connectivity index (χ1v) is 5.07. The van der Waals surface area contributed by atoms with E-state index in [1.807, 2.05) is 11.7 Å². The van der Waals surface area contributed by atoms with Crippen molar-refractivity contribution in [3.63, 3.8) is 0 Å². The van der Waals surface area contributed by atoms with E-state index in [0.29, 0.717) is 5.92 Å². The average Bonchev–Trinajstić information content (AvgIpc) is 2.42. The molecule has 0 radical (unpaired) electrons. The van der Waals surface area contributed by atoms with E-state index in [2.05, 4.69) is 43.3 Å². The third-order valence-corrected chi connectivity index (χ3v) is 2.33. The van der Waals surface area contributed by atoms with E-state index in [4.69, 9.17) is 0 Å². The lowest BCUT2D eigenvalue weighted by atomic mass is 10.0. The van der Waals surface area contributed by atoms with Crippen molar-refractivity contribution in [1.82, 2.24) is 9.78 Å². The van der Waals surface area contributed by atoms with Crippen molar-refractivity contribution in [1.29, 1.82) is 0 Å². The van der Waals surface area contributed by atoms with Crippen LogP contribution in [0.3, 0.4) is 0 Å². The Morgan fingerprint density at radius 3 is 2.86 bits per heavy atom. The maximum atomic E-state index is 4.35. The molecule has 2 heteroatoms. The van der Waals surface area contributed by atoms with E-state index >= 15 is 0 Å². The zero-order chi connectivity index (χ0) is 10.1. The van der Waals surface area contributed by atoms with E-state index in [0.717, 1.165) is 11.9 Å². The van der Waals surface area contributed by atoms with Gasteiger partial charge in [-0.1, -0.05) is 19.9 Å². The minimum atomic E-state index is 0.712. The maximum Gasteiger partial charge on any atom is 0.0923 e. The van der Waals surface area contributed by atoms with Crippen LogP contribution in [0.1, 0.15) is 19.4 Å². The molecule has 2 aromatic rings. The highest BCUT2D eigenvalue weighted by atomic mass is 15.2. The van der Waals surface area contributed by atoms with Crippen LogP contribution in [0.2, 0.25) is 0 Å². The van der Waals surface area contributed by atoms with Gasteiger partial charge in [0.1, 0.15) is 0 Å². The number of rotatable bonds is 2. The molecule has 0 bridgehead atoms. The Bertz CT molecular complexity index is 441. The van der Waals surface area contributed by atoms with Gasteiger partial charge in [0.25, 0.3) is 0 Å². The molecule has 0 atom stereocenters. The fraction of sp³-hybridized carbons (Fsp3) is 0.417. The lowest BCUT2D eigenvalue weighted by molar-refractivity contribution is 0.648. The molecule has 1 aromatic carbocycles. The smallest absolute Gasteiger partial charge is 0.0923 e. The van der Waals surface area contributed by atoms with Gasteiger partial charge in [-0.3, -0.25) is 4.68 Å². The van der Waals surface area contributed by atoms with Crippen LogP contribution in [-0.4, -0.2) is 9.78 Å². The Morgan fingerprint density at radius 1 is 1.36 bits per heavy atom. The van der Waals surface area contributed by atoms with Gasteiger partial charge in [0.05, 0.1) is 5.52 Å². The summed E-state index contributed by atoms with van der Waals surface area (Å²) in [6.45, 7) is 4.49. The zero-order valence-electron chi connectivity index (χ0n) is 8.99. The summed E-state index contributed by atoms with van der Waals surface area (Å²) in [4.78, 5) is 0. The lowest BCUT2D eigenvalue weighted by Gasteiger charge is -2.03. The zero-order valence-corrected chi connectivity index (χ0v) is 8.99. The second-order valence-electron chi connectivity index (χ2n) is 4.29. The molecule has 0 N–H and O–H groups in total. The number of benzene rings is 1. The van der Waals surface area contributed by atoms with Crippen molar-refractivity contribution in [3.8, 4) is 0 Å². The summed E-state index contributed by atoms with van der Waals surface area (Å²) in [7, 11) is 1.96. The second-order valence-corrected chi connectivity index (χ2v) is 4.29. The van der Waals surface area contributed by atoms with Gasteiger partial charge in [0.15, 0.2) is 0 Å². The summed E-state index contributed by atoms with van der Waals surface area (Å²) in [6, 6.07) is 6.52. The largest absolute Gasteiger partial charge is 0.275 e. The van der Waals surface area contributed by atoms with Gasteiger partial charge >= 0.3 is 0 Å². The van der Waals surface area contributed by atoms with Crippen molar-refractivity contribution in [2.45, 2.75) is 20.3 Å². The highest BCUT2D eigenvalue weighted by molar-refractivity contribution is 5.78. The summed E-state index contributed by atoms with van der Waals surface area (Å²) in [5.74, 6) is 0.712. The number of hydrogen-bond donors (Lipinski definition) is 0. The van der Waals surface area contributed by atoms with Gasteiger partial charge in [-0.25, -0.2) is 0 Å². The molecule has 0 spiro atoms. The van der Waals surface area contributed by atoms with Crippen LogP contribution < -0.4 is 0 Å². The molecule has 2 rings (SSSR count). The predicted octanol–water partition coefficient (Wildman–Crippen LogP) is 2.77. The Kier molecular flexibility index (Phi) is 2.28. The molecule has 1 heterocycles. The first-order chi connectivity index (χ1) is 6.65. The third-order valence-electron chi connectivity index (χ3n) is 2.33. The summed E-state index contributed by atoms with van der Waals surface area (Å²) in [5, 5.41) is 5.59. The van der Waals surface area contributed by atoms with Crippen LogP contribution in [0.5, 0.6) is 0 Å². The molecule has 0 unspecified atom stereocenters. The number of hydrogen-bond acceptors (Lipinski definition) is 1. The van der Waals surface area contributed by atoms with Crippen molar-refractivity contribution in [3.05, 3.63) is 30.0 Å². The van der Waals surface area contributed by atoms with Gasteiger partial charge in [-0.05, 0) is 30.0 Å². The molecule has 2 nitrogen and oxygen atoms in total. The summed E-state index contributed by atoms with van der Waals surface area (Å²) >= 11 is 0. The molecule has 0 fully saturated rings. The minimum Gasteiger partial charge on any atom is -0.275 e. The quantitative estimate of drug-likeness (QED) is 0.708. The molecule has 0 saturated heterocycles. The van der Waals surface area contributed by atoms with Crippen LogP contribution in [0.15, 0.2) is 24.4 Å². The second kappa shape index (κ2) is 3.45. The molecular weight excluding hydrogens is 172 g/mol. The van der Waals surface area contributed by atoms with E-state index in [-0.39, 0.29) is 0 Å². The van der Waals surface area contributed by atoms with Crippen LogP contribution >= 0.6 is 0 Å². The fourth-order valence-corrected chi connectivity index (χ4v) is 1.80. The molecule has 0 amide bonds. The normalized spacial score (nSPS) is 11.4. The SMILES string of the molecule is CC(C)Cc1ccc2nn(C)cc2c1. The highest BCUT2D eigenvalue weighted by Gasteiger charge is 2.01. The Morgan fingerprint density at radius 2 is 2.14 bits per heavy atom. The summed E-state index contributed by atoms with van der Waals surface area (Å²) in [6.07, 6.45) is 3.21. The van der Waals surface area contributed by atoms with E-state index in [9.17, 15) is 0 Å². The van der Waals surface area contributed by atoms with Crippen LogP contribution in [-0.2, 0) is 13.5 Å². The standard InChI is InChI=1S/C12H16N2/c1-9(2)6-10-4-5-12-11(7-10)8-14(3)13-12/h4-5,7-9H,6H2,1-3H3. The molecule has 1 aromatic heterocycles. The summed E-state index contributed by atoms with van der Waals surface area (Å²) in [5.41, 5.74) is 2.49. The van der Waals surface area contributed by atoms with Crippen molar-refractivity contribution in [2.24, 2.45) is 13.0 Å². The molecule has 0 aliphatic carbocycles. The van der Waals surface area contributed by atoms with Gasteiger partial charge in [0, 0.05) is 18.6 Å². The summed E-state index contributed by atoms with van der Waals surface area (Å²) < 4.78 is 1.86. The van der Waals surface area contributed by atoms with Crippen LogP contribution in [0.4, 0.5) is 0 Å². The molecular formula is C12H16N2. The highest BCUT2D eigenvalue weighted by Crippen LogP contribution is 2.16. The first-order valence-electron chi connectivity index (χ1n) is 5.07. The molecule has 74 valence electrons. The first kappa shape index (κ1) is 9.25. The number of fused-ring (bicyclic) bond motifs is 1. The molecule has 0 aliphatic heterocycles. The van der Waals surface area contributed by atoms with E-state index in [1.165, 1.54) is 10.9 Å². The third kappa shape index (κ3) is 1.79.